The van der Waals surface area contributed by atoms with Gasteiger partial charge in [0.15, 0.2) is 0 Å². The Kier molecular flexibility index (Phi) is 4.06. The lowest BCUT2D eigenvalue weighted by molar-refractivity contribution is 0.0427. The molecule has 4 heteroatoms. The van der Waals surface area contributed by atoms with Crippen LogP contribution in [0.5, 0.6) is 0 Å². The number of hydrogen-bond donors (Lipinski definition) is 1. The SMILES string of the molecule is O=C1c2ccccc2N[C@@H](c2ccc3ccccc3c2)N1C[C@H]1CCCO1. The van der Waals surface area contributed by atoms with Gasteiger partial charge in [-0.15, -0.1) is 0 Å². The van der Waals surface area contributed by atoms with Gasteiger partial charge in [-0.3, -0.25) is 4.79 Å². The van der Waals surface area contributed by atoms with Crippen molar-refractivity contribution in [2.45, 2.75) is 25.1 Å². The van der Waals surface area contributed by atoms with Crippen LogP contribution >= 0.6 is 0 Å². The molecule has 0 aliphatic carbocycles. The molecule has 0 unspecified atom stereocenters. The van der Waals surface area contributed by atoms with E-state index in [0.29, 0.717) is 6.54 Å². The Labute approximate surface area is 158 Å². The van der Waals surface area contributed by atoms with Crippen LogP contribution in [0.4, 0.5) is 5.69 Å². The summed E-state index contributed by atoms with van der Waals surface area (Å²) in [5.74, 6) is 0.0676. The number of fused-ring (bicyclic) bond motifs is 2. The molecule has 1 saturated heterocycles. The molecule has 0 radical (unpaired) electrons. The molecule has 0 bridgehead atoms. The van der Waals surface area contributed by atoms with Crippen LogP contribution in [0, 0.1) is 0 Å². The van der Waals surface area contributed by atoms with Crippen LogP contribution < -0.4 is 5.32 Å². The second-order valence-electron chi connectivity index (χ2n) is 7.29. The number of hydrogen-bond acceptors (Lipinski definition) is 3. The van der Waals surface area contributed by atoms with E-state index in [4.69, 9.17) is 4.74 Å². The van der Waals surface area contributed by atoms with Crippen molar-refractivity contribution < 1.29 is 9.53 Å². The van der Waals surface area contributed by atoms with E-state index in [2.05, 4.69) is 35.6 Å². The largest absolute Gasteiger partial charge is 0.376 e. The highest BCUT2D eigenvalue weighted by Crippen LogP contribution is 2.35. The summed E-state index contributed by atoms with van der Waals surface area (Å²) in [6.45, 7) is 1.40. The van der Waals surface area contributed by atoms with Crippen molar-refractivity contribution in [2.24, 2.45) is 0 Å². The van der Waals surface area contributed by atoms with Gasteiger partial charge in [-0.25, -0.2) is 0 Å². The third kappa shape index (κ3) is 2.96. The minimum absolute atomic E-state index is 0.0676. The zero-order valence-electron chi connectivity index (χ0n) is 15.1. The van der Waals surface area contributed by atoms with Crippen molar-refractivity contribution in [3.05, 3.63) is 77.9 Å². The van der Waals surface area contributed by atoms with Gasteiger partial charge in [-0.05, 0) is 47.4 Å². The Morgan fingerprint density at radius 1 is 1.00 bits per heavy atom. The van der Waals surface area contributed by atoms with Crippen LogP contribution in [0.1, 0.15) is 34.9 Å². The molecule has 4 nitrogen and oxygen atoms in total. The third-order valence-corrected chi connectivity index (χ3v) is 5.54. The van der Waals surface area contributed by atoms with E-state index in [1.165, 1.54) is 10.8 Å². The molecule has 1 fully saturated rings. The summed E-state index contributed by atoms with van der Waals surface area (Å²) in [5.41, 5.74) is 2.71. The molecule has 3 aromatic rings. The van der Waals surface area contributed by atoms with Crippen molar-refractivity contribution in [1.82, 2.24) is 4.90 Å². The van der Waals surface area contributed by atoms with Gasteiger partial charge in [-0.2, -0.15) is 0 Å². The van der Waals surface area contributed by atoms with Crippen LogP contribution in [0.15, 0.2) is 66.7 Å². The van der Waals surface area contributed by atoms with Crippen molar-refractivity contribution in [3.63, 3.8) is 0 Å². The number of carbonyl (C=O) groups excluding carboxylic acids is 1. The van der Waals surface area contributed by atoms with E-state index in [9.17, 15) is 4.79 Å². The van der Waals surface area contributed by atoms with Gasteiger partial charge in [-0.1, -0.05) is 48.5 Å². The van der Waals surface area contributed by atoms with E-state index in [1.807, 2.05) is 41.3 Å². The molecule has 2 aliphatic rings. The Balaban J connectivity index is 1.56. The quantitative estimate of drug-likeness (QED) is 0.745. The molecule has 1 N–H and O–H groups in total. The molecule has 2 aliphatic heterocycles. The van der Waals surface area contributed by atoms with Crippen LogP contribution in [0.3, 0.4) is 0 Å². The molecule has 136 valence electrons. The van der Waals surface area contributed by atoms with Gasteiger partial charge >= 0.3 is 0 Å². The van der Waals surface area contributed by atoms with E-state index in [0.717, 1.165) is 36.3 Å². The average Bonchev–Trinajstić information content (AvgIpc) is 3.23. The summed E-state index contributed by atoms with van der Waals surface area (Å²) in [5, 5.41) is 5.97. The van der Waals surface area contributed by atoms with Gasteiger partial charge in [0.05, 0.1) is 11.7 Å². The van der Waals surface area contributed by atoms with Crippen LogP contribution in [-0.4, -0.2) is 30.1 Å². The summed E-state index contributed by atoms with van der Waals surface area (Å²) >= 11 is 0. The third-order valence-electron chi connectivity index (χ3n) is 5.54. The summed E-state index contributed by atoms with van der Waals surface area (Å²) in [6.07, 6.45) is 2.00. The number of nitrogens with zero attached hydrogens (tertiary/aromatic N) is 1. The van der Waals surface area contributed by atoms with Crippen molar-refractivity contribution in [2.75, 3.05) is 18.5 Å². The Morgan fingerprint density at radius 3 is 2.67 bits per heavy atom. The highest BCUT2D eigenvalue weighted by atomic mass is 16.5. The molecule has 2 atom stereocenters. The molecule has 0 spiro atoms. The van der Waals surface area contributed by atoms with Gasteiger partial charge < -0.3 is 15.0 Å². The monoisotopic (exact) mass is 358 g/mol. The predicted molar refractivity (Wildman–Crippen MR) is 107 cm³/mol. The van der Waals surface area contributed by atoms with E-state index in [1.54, 1.807) is 0 Å². The number of amides is 1. The predicted octanol–water partition coefficient (Wildman–Crippen LogP) is 4.59. The Morgan fingerprint density at radius 2 is 1.81 bits per heavy atom. The summed E-state index contributed by atoms with van der Waals surface area (Å²) in [7, 11) is 0. The maximum Gasteiger partial charge on any atom is 0.257 e. The molecular formula is C23H22N2O2. The topological polar surface area (TPSA) is 41.6 Å². The second kappa shape index (κ2) is 6.71. The second-order valence-corrected chi connectivity index (χ2v) is 7.29. The fourth-order valence-corrected chi connectivity index (χ4v) is 4.13. The molecule has 27 heavy (non-hydrogen) atoms. The number of ether oxygens (including phenoxy) is 1. The first kappa shape index (κ1) is 16.3. The molecule has 1 amide bonds. The zero-order chi connectivity index (χ0) is 18.2. The number of rotatable bonds is 3. The normalized spacial score (nSPS) is 21.9. The van der Waals surface area contributed by atoms with Crippen LogP contribution in [-0.2, 0) is 4.74 Å². The zero-order valence-corrected chi connectivity index (χ0v) is 15.1. The molecule has 2 heterocycles. The summed E-state index contributed by atoms with van der Waals surface area (Å²) in [4.78, 5) is 15.2. The van der Waals surface area contributed by atoms with Crippen molar-refractivity contribution in [1.29, 1.82) is 0 Å². The molecule has 5 rings (SSSR count). The average molecular weight is 358 g/mol. The first-order valence-corrected chi connectivity index (χ1v) is 9.56. The first-order chi connectivity index (χ1) is 13.3. The van der Waals surface area contributed by atoms with Gasteiger partial charge in [0.25, 0.3) is 5.91 Å². The van der Waals surface area contributed by atoms with E-state index >= 15 is 0 Å². The number of nitrogens with one attached hydrogen (secondary N) is 1. The maximum absolute atomic E-state index is 13.3. The van der Waals surface area contributed by atoms with Crippen LogP contribution in [0.25, 0.3) is 10.8 Å². The van der Waals surface area contributed by atoms with E-state index in [-0.39, 0.29) is 18.2 Å². The molecule has 0 aromatic heterocycles. The van der Waals surface area contributed by atoms with Gasteiger partial charge in [0.1, 0.15) is 6.17 Å². The van der Waals surface area contributed by atoms with Crippen molar-refractivity contribution in [3.8, 4) is 0 Å². The summed E-state index contributed by atoms with van der Waals surface area (Å²) in [6, 6.07) is 22.5. The molecular weight excluding hydrogens is 336 g/mol. The molecule has 0 saturated carbocycles. The van der Waals surface area contributed by atoms with Gasteiger partial charge in [0.2, 0.25) is 0 Å². The Bertz CT molecular complexity index is 994. The first-order valence-electron chi connectivity index (χ1n) is 9.56. The number of benzene rings is 3. The van der Waals surface area contributed by atoms with E-state index < -0.39 is 0 Å². The number of carbonyl (C=O) groups is 1. The minimum atomic E-state index is -0.193. The fourth-order valence-electron chi connectivity index (χ4n) is 4.13. The standard InChI is InChI=1S/C23H22N2O2/c26-23-20-9-3-4-10-21(20)24-22(25(23)15-19-8-5-13-27-19)18-12-11-16-6-1-2-7-17(16)14-18/h1-4,6-7,9-12,14,19,22,24H,5,8,13,15H2/t19-,22-/m1/s1. The van der Waals surface area contributed by atoms with Crippen LogP contribution in [0.2, 0.25) is 0 Å². The Hall–Kier alpha value is -2.85. The molecule has 3 aromatic carbocycles. The summed E-state index contributed by atoms with van der Waals surface area (Å²) < 4.78 is 5.82. The lowest BCUT2D eigenvalue weighted by Gasteiger charge is -2.39. The number of anilines is 1. The maximum atomic E-state index is 13.3. The highest BCUT2D eigenvalue weighted by Gasteiger charge is 2.35. The number of para-hydroxylation sites is 1. The fraction of sp³-hybridized carbons (Fsp3) is 0.261. The van der Waals surface area contributed by atoms with Gasteiger partial charge in [0, 0.05) is 18.8 Å². The smallest absolute Gasteiger partial charge is 0.257 e. The highest BCUT2D eigenvalue weighted by molar-refractivity contribution is 6.01. The lowest BCUT2D eigenvalue weighted by atomic mass is 10.00. The van der Waals surface area contributed by atoms with Crippen molar-refractivity contribution >= 4 is 22.4 Å². The minimum Gasteiger partial charge on any atom is -0.376 e. The lowest BCUT2D eigenvalue weighted by Crippen LogP contribution is -2.46.